The van der Waals surface area contributed by atoms with Gasteiger partial charge in [-0.25, -0.2) is 9.97 Å². The summed E-state index contributed by atoms with van der Waals surface area (Å²) in [6, 6.07) is 10.7. The van der Waals surface area contributed by atoms with Gasteiger partial charge in [0, 0.05) is 19.1 Å². The van der Waals surface area contributed by atoms with E-state index in [4.69, 9.17) is 5.73 Å². The second-order valence-electron chi connectivity index (χ2n) is 9.87. The molecular formula is C28H40N6O2S. The Morgan fingerprint density at radius 1 is 1.14 bits per heavy atom. The van der Waals surface area contributed by atoms with Crippen LogP contribution in [-0.4, -0.2) is 64.3 Å². The number of nitrogens with two attached hydrogens (primary N) is 1. The summed E-state index contributed by atoms with van der Waals surface area (Å²) in [6.45, 7) is 8.94. The van der Waals surface area contributed by atoms with Crippen molar-refractivity contribution >= 4 is 44.9 Å². The van der Waals surface area contributed by atoms with Crippen LogP contribution < -0.4 is 11.1 Å². The van der Waals surface area contributed by atoms with Crippen LogP contribution in [0.4, 0.5) is 11.5 Å². The molecule has 4 heterocycles. The highest BCUT2D eigenvalue weighted by Gasteiger charge is 2.26. The molecule has 0 saturated carbocycles. The predicted molar refractivity (Wildman–Crippen MR) is 153 cm³/mol. The second kappa shape index (κ2) is 14.0. The van der Waals surface area contributed by atoms with E-state index in [1.807, 2.05) is 30.6 Å². The third-order valence-corrected chi connectivity index (χ3v) is 7.71. The number of carbonyl (C=O) groups is 2. The molecule has 3 N–H and O–H groups in total. The molecule has 0 radical (unpaired) electrons. The first-order chi connectivity index (χ1) is 17.8. The molecule has 2 unspecified atom stereocenters. The fraction of sp³-hybridized carbons (Fsp3) is 0.500. The third-order valence-electron chi connectivity index (χ3n) is 6.90. The van der Waals surface area contributed by atoms with E-state index < -0.39 is 11.8 Å². The van der Waals surface area contributed by atoms with Gasteiger partial charge in [-0.05, 0) is 82.3 Å². The number of pyridine rings is 1. The highest BCUT2D eigenvalue weighted by Crippen LogP contribution is 2.18. The first-order valence-corrected chi connectivity index (χ1v) is 14.0. The van der Waals surface area contributed by atoms with Crippen molar-refractivity contribution in [2.75, 3.05) is 37.7 Å². The number of rotatable bonds is 2. The topological polar surface area (TPSA) is 104 Å². The van der Waals surface area contributed by atoms with Gasteiger partial charge in [0.1, 0.15) is 5.82 Å². The van der Waals surface area contributed by atoms with Crippen LogP contribution in [0.15, 0.2) is 42.0 Å². The lowest BCUT2D eigenvalue weighted by molar-refractivity contribution is -0.144. The Morgan fingerprint density at radius 2 is 1.89 bits per heavy atom. The van der Waals surface area contributed by atoms with E-state index in [0.29, 0.717) is 30.5 Å². The van der Waals surface area contributed by atoms with Crippen molar-refractivity contribution in [2.24, 2.45) is 5.92 Å². The predicted octanol–water partition coefficient (Wildman–Crippen LogP) is 4.82. The van der Waals surface area contributed by atoms with Gasteiger partial charge in [0.15, 0.2) is 0 Å². The molecule has 2 fully saturated rings. The summed E-state index contributed by atoms with van der Waals surface area (Å²) in [5, 5.41) is 2.61. The van der Waals surface area contributed by atoms with Crippen molar-refractivity contribution in [1.29, 1.82) is 0 Å². The number of nitrogens with zero attached hydrogens (tertiary/aromatic N) is 4. The standard InChI is InChI=1S/C15H22N4O2.C7H5NS.C6H13N/c1-3-11-7-12(8-17-13(11)16)18-14(20)15(21)19-6-4-5-10(2)9-19;1-2-4-7-6(3-1)8-5-9-7;1-6-4-3-5-7(6)2/h7-8,10H,3-6,9H2,1-2H3,(H2,16,17)(H,18,20);1-5H;6H,3-5H2,1-2H3. The Balaban J connectivity index is 0.000000192. The van der Waals surface area contributed by atoms with Gasteiger partial charge in [-0.1, -0.05) is 26.0 Å². The van der Waals surface area contributed by atoms with Crippen molar-refractivity contribution < 1.29 is 9.59 Å². The summed E-state index contributed by atoms with van der Waals surface area (Å²) < 4.78 is 1.26. The van der Waals surface area contributed by atoms with Crippen LogP contribution in [0.25, 0.3) is 10.2 Å². The molecule has 2 aliphatic rings. The zero-order valence-corrected chi connectivity index (χ0v) is 23.3. The number of anilines is 2. The molecule has 0 bridgehead atoms. The number of hydrogen-bond donors (Lipinski definition) is 2. The van der Waals surface area contributed by atoms with E-state index >= 15 is 0 Å². The van der Waals surface area contributed by atoms with Gasteiger partial charge < -0.3 is 20.9 Å². The van der Waals surface area contributed by atoms with Crippen LogP contribution >= 0.6 is 11.3 Å². The van der Waals surface area contributed by atoms with Crippen molar-refractivity contribution in [3.05, 3.63) is 47.6 Å². The molecule has 37 heavy (non-hydrogen) atoms. The van der Waals surface area contributed by atoms with Gasteiger partial charge in [0.2, 0.25) is 0 Å². The number of thiazole rings is 1. The number of nitrogens with one attached hydrogen (secondary N) is 1. The van der Waals surface area contributed by atoms with E-state index in [1.54, 1.807) is 22.3 Å². The fourth-order valence-corrected chi connectivity index (χ4v) is 5.13. The molecule has 9 heteroatoms. The van der Waals surface area contributed by atoms with Gasteiger partial charge in [-0.3, -0.25) is 9.59 Å². The molecule has 0 spiro atoms. The number of aryl methyl sites for hydroxylation is 1. The third kappa shape index (κ3) is 8.50. The van der Waals surface area contributed by atoms with Crippen molar-refractivity contribution in [2.45, 2.75) is 58.9 Å². The minimum atomic E-state index is -0.613. The number of para-hydroxylation sites is 1. The number of hydrogen-bond acceptors (Lipinski definition) is 7. The molecule has 3 aromatic rings. The van der Waals surface area contributed by atoms with E-state index in [1.165, 1.54) is 30.3 Å². The van der Waals surface area contributed by atoms with E-state index in [9.17, 15) is 9.59 Å². The summed E-state index contributed by atoms with van der Waals surface area (Å²) in [5.74, 6) is -0.193. The molecule has 2 aromatic heterocycles. The molecule has 5 rings (SSSR count). The number of amides is 2. The highest BCUT2D eigenvalue weighted by atomic mass is 32.1. The smallest absolute Gasteiger partial charge is 0.313 e. The maximum Gasteiger partial charge on any atom is 0.313 e. The average Bonchev–Trinajstić information content (AvgIpc) is 3.53. The summed E-state index contributed by atoms with van der Waals surface area (Å²) in [7, 11) is 2.19. The van der Waals surface area contributed by atoms with Gasteiger partial charge >= 0.3 is 11.8 Å². The quantitative estimate of drug-likeness (QED) is 0.466. The van der Waals surface area contributed by atoms with Crippen molar-refractivity contribution in [1.82, 2.24) is 19.8 Å². The minimum absolute atomic E-state index is 0.445. The van der Waals surface area contributed by atoms with Crippen molar-refractivity contribution in [3.63, 3.8) is 0 Å². The Bertz CT molecular complexity index is 1130. The summed E-state index contributed by atoms with van der Waals surface area (Å²) in [5.41, 5.74) is 10.0. The Labute approximate surface area is 224 Å². The maximum atomic E-state index is 12.1. The highest BCUT2D eigenvalue weighted by molar-refractivity contribution is 7.16. The lowest BCUT2D eigenvalue weighted by Crippen LogP contribution is -2.44. The largest absolute Gasteiger partial charge is 0.383 e. The maximum absolute atomic E-state index is 12.1. The van der Waals surface area contributed by atoms with Crippen molar-refractivity contribution in [3.8, 4) is 0 Å². The molecule has 2 atom stereocenters. The summed E-state index contributed by atoms with van der Waals surface area (Å²) >= 11 is 1.68. The van der Waals surface area contributed by atoms with E-state index in [0.717, 1.165) is 36.4 Å². The number of piperidine rings is 1. The number of aromatic nitrogens is 2. The van der Waals surface area contributed by atoms with Gasteiger partial charge in [-0.15, -0.1) is 11.3 Å². The molecule has 0 aliphatic carbocycles. The minimum Gasteiger partial charge on any atom is -0.383 e. The van der Waals surface area contributed by atoms with Crippen LogP contribution in [0.3, 0.4) is 0 Å². The zero-order valence-electron chi connectivity index (χ0n) is 22.4. The average molecular weight is 525 g/mol. The normalized spacial score (nSPS) is 19.4. The Kier molecular flexibility index (Phi) is 10.8. The van der Waals surface area contributed by atoms with Gasteiger partial charge in [0.05, 0.1) is 27.6 Å². The van der Waals surface area contributed by atoms with Crippen LogP contribution in [0, 0.1) is 5.92 Å². The summed E-state index contributed by atoms with van der Waals surface area (Å²) in [6.07, 6.45) is 7.05. The van der Waals surface area contributed by atoms with E-state index in [-0.39, 0.29) is 0 Å². The molecule has 2 saturated heterocycles. The molecule has 2 amide bonds. The number of nitrogen functional groups attached to an aromatic ring is 1. The molecule has 2 aliphatic heterocycles. The van der Waals surface area contributed by atoms with E-state index in [2.05, 4.69) is 47.1 Å². The van der Waals surface area contributed by atoms with Crippen LogP contribution in [-0.2, 0) is 16.0 Å². The number of benzene rings is 1. The molecule has 8 nitrogen and oxygen atoms in total. The lowest BCUT2D eigenvalue weighted by Gasteiger charge is -2.30. The van der Waals surface area contributed by atoms with Crippen LogP contribution in [0.5, 0.6) is 0 Å². The molecular weight excluding hydrogens is 484 g/mol. The summed E-state index contributed by atoms with van der Waals surface area (Å²) in [4.78, 5) is 36.4. The first-order valence-electron chi connectivity index (χ1n) is 13.1. The first kappa shape index (κ1) is 28.5. The molecule has 1 aromatic carbocycles. The number of likely N-dealkylation sites (tertiary alicyclic amines) is 2. The SMILES string of the molecule is CC1CCCN1C.CCc1cc(NC(=O)C(=O)N2CCCC(C)C2)cnc1N.c1ccc2scnc2c1. The number of carbonyl (C=O) groups excluding carboxylic acids is 2. The second-order valence-corrected chi connectivity index (χ2v) is 10.8. The fourth-order valence-electron chi connectivity index (χ4n) is 4.45. The Morgan fingerprint density at radius 3 is 2.51 bits per heavy atom. The zero-order chi connectivity index (χ0) is 26.8. The number of fused-ring (bicyclic) bond motifs is 1. The lowest BCUT2D eigenvalue weighted by atomic mass is 10.0. The Hall–Kier alpha value is -3.04. The van der Waals surface area contributed by atoms with Crippen LogP contribution in [0.2, 0.25) is 0 Å². The monoisotopic (exact) mass is 524 g/mol. The molecule has 200 valence electrons. The van der Waals surface area contributed by atoms with Gasteiger partial charge in [0.25, 0.3) is 0 Å². The van der Waals surface area contributed by atoms with Gasteiger partial charge in [-0.2, -0.15) is 0 Å². The van der Waals surface area contributed by atoms with Crippen LogP contribution in [0.1, 0.15) is 52.0 Å².